The summed E-state index contributed by atoms with van der Waals surface area (Å²) < 4.78 is 13.3. The average molecular weight is 259 g/mol. The number of amides is 1. The van der Waals surface area contributed by atoms with E-state index in [-0.39, 0.29) is 11.7 Å². The normalized spacial score (nSPS) is 20.9. The fourth-order valence-corrected chi connectivity index (χ4v) is 1.93. The van der Waals surface area contributed by atoms with Gasteiger partial charge in [-0.25, -0.2) is 4.39 Å². The van der Waals surface area contributed by atoms with Gasteiger partial charge in [0.15, 0.2) is 0 Å². The molecule has 0 saturated carbocycles. The molecule has 1 aliphatic heterocycles. The van der Waals surface area contributed by atoms with Crippen LogP contribution in [-0.4, -0.2) is 18.5 Å². The first-order valence-corrected chi connectivity index (χ1v) is 4.91. The molecule has 5 heteroatoms. The van der Waals surface area contributed by atoms with Crippen LogP contribution >= 0.6 is 15.9 Å². The maximum absolute atomic E-state index is 12.7. The van der Waals surface area contributed by atoms with E-state index < -0.39 is 6.04 Å². The number of carbonyl (C=O) groups excluding carboxylic acids is 1. The van der Waals surface area contributed by atoms with Crippen LogP contribution in [0.5, 0.6) is 0 Å². The molecule has 1 atom stereocenters. The fraction of sp³-hybridized carbons (Fsp3) is 0.222. The van der Waals surface area contributed by atoms with Crippen molar-refractivity contribution in [2.24, 2.45) is 5.73 Å². The maximum atomic E-state index is 12.7. The predicted octanol–water partition coefficient (Wildman–Crippen LogP) is 1.26. The molecule has 3 nitrogen and oxygen atoms in total. The molecular weight excluding hydrogens is 251 g/mol. The minimum absolute atomic E-state index is 0.127. The Morgan fingerprint density at radius 3 is 2.79 bits per heavy atom. The van der Waals surface area contributed by atoms with E-state index in [2.05, 4.69) is 15.9 Å². The summed E-state index contributed by atoms with van der Waals surface area (Å²) >= 11 is 3.20. The third-order valence-corrected chi connectivity index (χ3v) is 2.80. The highest BCUT2D eigenvalue weighted by Gasteiger charge is 2.35. The van der Waals surface area contributed by atoms with E-state index in [1.807, 2.05) is 0 Å². The first kappa shape index (κ1) is 9.61. The molecule has 0 aromatic heterocycles. The summed E-state index contributed by atoms with van der Waals surface area (Å²) in [5.41, 5.74) is 6.11. The lowest BCUT2D eigenvalue weighted by atomic mass is 10.1. The molecule has 14 heavy (non-hydrogen) atoms. The highest BCUT2D eigenvalue weighted by molar-refractivity contribution is 9.10. The Labute approximate surface area is 88.8 Å². The van der Waals surface area contributed by atoms with E-state index in [9.17, 15) is 9.18 Å². The van der Waals surface area contributed by atoms with Crippen molar-refractivity contribution in [1.29, 1.82) is 0 Å². The molecule has 1 unspecified atom stereocenters. The minimum atomic E-state index is -0.410. The lowest BCUT2D eigenvalue weighted by Gasteiger charge is -2.36. The van der Waals surface area contributed by atoms with Gasteiger partial charge in [0.2, 0.25) is 5.91 Å². The number of β-lactam (4-membered cyclic amide) rings is 1. The number of anilines is 1. The van der Waals surface area contributed by atoms with Crippen LogP contribution in [0.3, 0.4) is 0 Å². The summed E-state index contributed by atoms with van der Waals surface area (Å²) in [7, 11) is 0. The van der Waals surface area contributed by atoms with Gasteiger partial charge in [-0.3, -0.25) is 4.79 Å². The third kappa shape index (κ3) is 1.42. The lowest BCUT2D eigenvalue weighted by Crippen LogP contribution is -2.61. The zero-order valence-electron chi connectivity index (χ0n) is 7.21. The second-order valence-corrected chi connectivity index (χ2v) is 4.01. The molecule has 1 aromatic carbocycles. The smallest absolute Gasteiger partial charge is 0.245 e. The number of nitrogens with zero attached hydrogens (tertiary/aromatic N) is 1. The summed E-state index contributed by atoms with van der Waals surface area (Å²) in [6, 6.07) is 3.79. The zero-order chi connectivity index (χ0) is 10.3. The van der Waals surface area contributed by atoms with Crippen LogP contribution < -0.4 is 10.6 Å². The van der Waals surface area contributed by atoms with Gasteiger partial charge >= 0.3 is 0 Å². The number of benzene rings is 1. The van der Waals surface area contributed by atoms with Gasteiger partial charge < -0.3 is 10.6 Å². The Morgan fingerprint density at radius 2 is 2.29 bits per heavy atom. The minimum Gasteiger partial charge on any atom is -0.318 e. The SMILES string of the molecule is NC1CN(c2ccc(F)cc2Br)C1=O. The fourth-order valence-electron chi connectivity index (χ4n) is 1.37. The molecule has 2 rings (SSSR count). The Kier molecular flexibility index (Phi) is 2.28. The van der Waals surface area contributed by atoms with Crippen molar-refractivity contribution < 1.29 is 9.18 Å². The van der Waals surface area contributed by atoms with Gasteiger partial charge in [-0.05, 0) is 34.1 Å². The molecule has 1 aromatic rings. The van der Waals surface area contributed by atoms with Crippen molar-refractivity contribution >= 4 is 27.5 Å². The number of rotatable bonds is 1. The molecule has 1 heterocycles. The predicted molar refractivity (Wildman–Crippen MR) is 54.4 cm³/mol. The standard InChI is InChI=1S/C9H8BrFN2O/c10-6-3-5(11)1-2-8(6)13-4-7(12)9(13)14/h1-3,7H,4,12H2. The molecule has 1 amide bonds. The van der Waals surface area contributed by atoms with Crippen molar-refractivity contribution in [3.05, 3.63) is 28.5 Å². The number of nitrogens with two attached hydrogens (primary N) is 1. The van der Waals surface area contributed by atoms with Gasteiger partial charge in [0, 0.05) is 4.47 Å². The maximum Gasteiger partial charge on any atom is 0.245 e. The summed E-state index contributed by atoms with van der Waals surface area (Å²) in [5, 5.41) is 0. The van der Waals surface area contributed by atoms with E-state index in [0.717, 1.165) is 0 Å². The first-order chi connectivity index (χ1) is 6.59. The van der Waals surface area contributed by atoms with Gasteiger partial charge in [0.25, 0.3) is 0 Å². The van der Waals surface area contributed by atoms with Crippen LogP contribution in [0.25, 0.3) is 0 Å². The van der Waals surface area contributed by atoms with Crippen molar-refractivity contribution in [2.75, 3.05) is 11.4 Å². The largest absolute Gasteiger partial charge is 0.318 e. The Balaban J connectivity index is 2.30. The molecule has 1 fully saturated rings. The molecule has 0 radical (unpaired) electrons. The topological polar surface area (TPSA) is 46.3 Å². The summed E-state index contributed by atoms with van der Waals surface area (Å²) in [6.45, 7) is 0.489. The number of hydrogen-bond acceptors (Lipinski definition) is 2. The number of halogens is 2. The molecule has 0 aliphatic carbocycles. The second-order valence-electron chi connectivity index (χ2n) is 3.15. The zero-order valence-corrected chi connectivity index (χ0v) is 8.79. The van der Waals surface area contributed by atoms with E-state index in [1.54, 1.807) is 6.07 Å². The Hall–Kier alpha value is -0.940. The Morgan fingerprint density at radius 1 is 1.57 bits per heavy atom. The van der Waals surface area contributed by atoms with Crippen LogP contribution in [0, 0.1) is 5.82 Å². The van der Waals surface area contributed by atoms with Crippen LogP contribution in [0.4, 0.5) is 10.1 Å². The van der Waals surface area contributed by atoms with Gasteiger partial charge in [-0.2, -0.15) is 0 Å². The number of hydrogen-bond donors (Lipinski definition) is 1. The van der Waals surface area contributed by atoms with Crippen molar-refractivity contribution in [1.82, 2.24) is 0 Å². The van der Waals surface area contributed by atoms with E-state index >= 15 is 0 Å². The summed E-state index contributed by atoms with van der Waals surface area (Å²) in [6.07, 6.45) is 0. The second kappa shape index (κ2) is 3.33. The monoisotopic (exact) mass is 258 g/mol. The van der Waals surface area contributed by atoms with Crippen LogP contribution in [-0.2, 0) is 4.79 Å². The summed E-state index contributed by atoms with van der Waals surface area (Å²) in [4.78, 5) is 12.8. The van der Waals surface area contributed by atoms with Crippen LogP contribution in [0.1, 0.15) is 0 Å². The van der Waals surface area contributed by atoms with Gasteiger partial charge in [0.05, 0.1) is 12.2 Å². The lowest BCUT2D eigenvalue weighted by molar-refractivity contribution is -0.123. The molecule has 1 aliphatic rings. The summed E-state index contributed by atoms with van der Waals surface area (Å²) in [5.74, 6) is -0.463. The number of carbonyl (C=O) groups is 1. The van der Waals surface area contributed by atoms with E-state index in [1.165, 1.54) is 17.0 Å². The van der Waals surface area contributed by atoms with Crippen molar-refractivity contribution in [3.63, 3.8) is 0 Å². The molecule has 2 N–H and O–H groups in total. The van der Waals surface area contributed by atoms with E-state index in [4.69, 9.17) is 5.73 Å². The van der Waals surface area contributed by atoms with Gasteiger partial charge in [-0.1, -0.05) is 0 Å². The first-order valence-electron chi connectivity index (χ1n) is 4.11. The quantitative estimate of drug-likeness (QED) is 0.772. The van der Waals surface area contributed by atoms with Crippen LogP contribution in [0.15, 0.2) is 22.7 Å². The Bertz CT molecular complexity index is 396. The molecule has 74 valence electrons. The van der Waals surface area contributed by atoms with Crippen LogP contribution in [0.2, 0.25) is 0 Å². The molecule has 0 spiro atoms. The molecular formula is C9H8BrFN2O. The molecule has 1 saturated heterocycles. The van der Waals surface area contributed by atoms with Crippen molar-refractivity contribution in [3.8, 4) is 0 Å². The highest BCUT2D eigenvalue weighted by atomic mass is 79.9. The van der Waals surface area contributed by atoms with Crippen molar-refractivity contribution in [2.45, 2.75) is 6.04 Å². The van der Waals surface area contributed by atoms with Gasteiger partial charge in [0.1, 0.15) is 11.9 Å². The molecule has 0 bridgehead atoms. The third-order valence-electron chi connectivity index (χ3n) is 2.16. The van der Waals surface area contributed by atoms with E-state index in [0.29, 0.717) is 16.7 Å². The van der Waals surface area contributed by atoms with Gasteiger partial charge in [-0.15, -0.1) is 0 Å². The highest BCUT2D eigenvalue weighted by Crippen LogP contribution is 2.30. The average Bonchev–Trinajstić information content (AvgIpc) is 2.15.